The van der Waals surface area contributed by atoms with Gasteiger partial charge in [-0.15, -0.1) is 0 Å². The monoisotopic (exact) mass is 296 g/mol. The summed E-state index contributed by atoms with van der Waals surface area (Å²) in [5.74, 6) is 1.10. The highest BCUT2D eigenvalue weighted by Gasteiger charge is 2.22. The highest BCUT2D eigenvalue weighted by atomic mass is 16.5. The van der Waals surface area contributed by atoms with Crippen LogP contribution in [0.1, 0.15) is 20.3 Å². The smallest absolute Gasteiger partial charge is 0.328 e. The Labute approximate surface area is 125 Å². The van der Waals surface area contributed by atoms with Gasteiger partial charge in [0.05, 0.1) is 32.7 Å². The lowest BCUT2D eigenvalue weighted by atomic mass is 10.0. The Morgan fingerprint density at radius 1 is 1.19 bits per heavy atom. The van der Waals surface area contributed by atoms with Crippen LogP contribution < -0.4 is 20.5 Å². The van der Waals surface area contributed by atoms with Gasteiger partial charge in [-0.05, 0) is 12.3 Å². The summed E-state index contributed by atoms with van der Waals surface area (Å²) in [4.78, 5) is 11.9. The van der Waals surface area contributed by atoms with Crippen molar-refractivity contribution in [2.24, 2.45) is 5.92 Å². The summed E-state index contributed by atoms with van der Waals surface area (Å²) in [6.45, 7) is 4.07. The van der Waals surface area contributed by atoms with Gasteiger partial charge in [0.15, 0.2) is 11.5 Å². The molecule has 1 atom stereocenters. The van der Waals surface area contributed by atoms with E-state index in [2.05, 4.69) is 5.32 Å². The van der Waals surface area contributed by atoms with Crippen LogP contribution in [0.5, 0.6) is 11.5 Å². The Kier molecular flexibility index (Phi) is 6.14. The van der Waals surface area contributed by atoms with E-state index in [1.807, 2.05) is 13.8 Å². The van der Waals surface area contributed by atoms with E-state index in [4.69, 9.17) is 19.9 Å². The minimum absolute atomic E-state index is 0.321. The van der Waals surface area contributed by atoms with Crippen LogP contribution in [0.25, 0.3) is 0 Å². The zero-order valence-corrected chi connectivity index (χ0v) is 13.2. The van der Waals surface area contributed by atoms with Gasteiger partial charge in [-0.2, -0.15) is 0 Å². The first-order valence-electron chi connectivity index (χ1n) is 6.78. The van der Waals surface area contributed by atoms with Gasteiger partial charge < -0.3 is 25.3 Å². The van der Waals surface area contributed by atoms with Crippen molar-refractivity contribution in [3.05, 3.63) is 12.1 Å². The number of esters is 1. The van der Waals surface area contributed by atoms with E-state index in [0.29, 0.717) is 35.2 Å². The number of anilines is 2. The van der Waals surface area contributed by atoms with Crippen molar-refractivity contribution in [3.8, 4) is 11.5 Å². The van der Waals surface area contributed by atoms with Crippen molar-refractivity contribution in [1.29, 1.82) is 0 Å². The number of carbonyl (C=O) groups is 1. The van der Waals surface area contributed by atoms with Crippen LogP contribution >= 0.6 is 0 Å². The molecule has 6 nitrogen and oxygen atoms in total. The molecule has 0 aliphatic carbocycles. The fraction of sp³-hybridized carbons (Fsp3) is 0.533. The molecule has 0 saturated heterocycles. The molecule has 0 fully saturated rings. The number of ether oxygens (including phenoxy) is 3. The summed E-state index contributed by atoms with van der Waals surface area (Å²) in [6, 6.07) is 2.91. The Bertz CT molecular complexity index is 489. The van der Waals surface area contributed by atoms with E-state index in [-0.39, 0.29) is 5.97 Å². The molecule has 1 aromatic carbocycles. The molecule has 118 valence electrons. The average molecular weight is 296 g/mol. The normalized spacial score (nSPS) is 11.9. The number of rotatable bonds is 7. The molecule has 0 aromatic heterocycles. The van der Waals surface area contributed by atoms with E-state index in [0.717, 1.165) is 0 Å². The molecule has 0 aliphatic heterocycles. The van der Waals surface area contributed by atoms with E-state index in [1.54, 1.807) is 26.4 Å². The molecule has 0 spiro atoms. The number of methoxy groups -OCH3 is 3. The highest BCUT2D eigenvalue weighted by Crippen LogP contribution is 2.35. The summed E-state index contributed by atoms with van der Waals surface area (Å²) in [5, 5.41) is 3.12. The molecule has 0 bridgehead atoms. The molecule has 0 heterocycles. The van der Waals surface area contributed by atoms with E-state index < -0.39 is 6.04 Å². The zero-order chi connectivity index (χ0) is 16.0. The minimum atomic E-state index is -0.463. The highest BCUT2D eigenvalue weighted by molar-refractivity contribution is 5.82. The van der Waals surface area contributed by atoms with Gasteiger partial charge in [-0.3, -0.25) is 0 Å². The van der Waals surface area contributed by atoms with E-state index in [9.17, 15) is 4.79 Å². The van der Waals surface area contributed by atoms with Crippen LogP contribution in [0.2, 0.25) is 0 Å². The number of nitrogen functional groups attached to an aromatic ring is 1. The second kappa shape index (κ2) is 7.61. The first-order valence-corrected chi connectivity index (χ1v) is 6.78. The maximum Gasteiger partial charge on any atom is 0.328 e. The number of nitrogens with two attached hydrogens (primary N) is 1. The van der Waals surface area contributed by atoms with Gasteiger partial charge in [0.2, 0.25) is 0 Å². The first kappa shape index (κ1) is 16.9. The number of hydrogen-bond acceptors (Lipinski definition) is 6. The van der Waals surface area contributed by atoms with Gasteiger partial charge in [-0.25, -0.2) is 4.79 Å². The van der Waals surface area contributed by atoms with Crippen LogP contribution in [-0.4, -0.2) is 33.3 Å². The molecule has 0 saturated carbocycles. The Hall–Kier alpha value is -2.11. The maximum absolute atomic E-state index is 11.9. The van der Waals surface area contributed by atoms with Crippen molar-refractivity contribution < 1.29 is 19.0 Å². The van der Waals surface area contributed by atoms with Gasteiger partial charge in [0, 0.05) is 12.1 Å². The Morgan fingerprint density at radius 2 is 1.76 bits per heavy atom. The van der Waals surface area contributed by atoms with E-state index >= 15 is 0 Å². The number of nitrogens with one attached hydrogen (secondary N) is 1. The molecule has 3 N–H and O–H groups in total. The third-order valence-electron chi connectivity index (χ3n) is 3.08. The van der Waals surface area contributed by atoms with Gasteiger partial charge in [0.1, 0.15) is 6.04 Å². The third-order valence-corrected chi connectivity index (χ3v) is 3.08. The van der Waals surface area contributed by atoms with Crippen molar-refractivity contribution >= 4 is 17.3 Å². The molecule has 1 rings (SSSR count). The lowest BCUT2D eigenvalue weighted by Gasteiger charge is -2.21. The van der Waals surface area contributed by atoms with Crippen molar-refractivity contribution in [1.82, 2.24) is 0 Å². The first-order chi connectivity index (χ1) is 9.92. The zero-order valence-electron chi connectivity index (χ0n) is 13.2. The van der Waals surface area contributed by atoms with Crippen LogP contribution in [0.4, 0.5) is 11.4 Å². The van der Waals surface area contributed by atoms with Crippen molar-refractivity contribution in [2.45, 2.75) is 26.3 Å². The number of benzene rings is 1. The second-order valence-corrected chi connectivity index (χ2v) is 5.14. The standard InChI is InChI=1S/C15H24N2O4/c1-9(2)6-12(15(18)21-5)17-11-8-14(20-4)13(19-3)7-10(11)16/h7-9,12,17H,6,16H2,1-5H3. The molecule has 0 radical (unpaired) electrons. The fourth-order valence-corrected chi connectivity index (χ4v) is 2.04. The summed E-state index contributed by atoms with van der Waals surface area (Å²) in [7, 11) is 4.46. The minimum Gasteiger partial charge on any atom is -0.493 e. The predicted octanol–water partition coefficient (Wildman–Crippen LogP) is 2.29. The Balaban J connectivity index is 3.05. The summed E-state index contributed by atoms with van der Waals surface area (Å²) >= 11 is 0. The molecule has 1 aromatic rings. The van der Waals surface area contributed by atoms with Crippen LogP contribution in [-0.2, 0) is 9.53 Å². The molecule has 6 heteroatoms. The molecule has 0 aliphatic rings. The van der Waals surface area contributed by atoms with Gasteiger partial charge >= 0.3 is 5.97 Å². The van der Waals surface area contributed by atoms with Crippen LogP contribution in [0.15, 0.2) is 12.1 Å². The largest absolute Gasteiger partial charge is 0.493 e. The predicted molar refractivity (Wildman–Crippen MR) is 82.8 cm³/mol. The Morgan fingerprint density at radius 3 is 2.24 bits per heavy atom. The lowest BCUT2D eigenvalue weighted by Crippen LogP contribution is -2.32. The topological polar surface area (TPSA) is 82.8 Å². The lowest BCUT2D eigenvalue weighted by molar-refractivity contribution is -0.141. The summed E-state index contributed by atoms with van der Waals surface area (Å²) in [5.41, 5.74) is 7.08. The number of hydrogen-bond donors (Lipinski definition) is 2. The molecule has 1 unspecified atom stereocenters. The summed E-state index contributed by atoms with van der Waals surface area (Å²) < 4.78 is 15.3. The molecular formula is C15H24N2O4. The van der Waals surface area contributed by atoms with Gasteiger partial charge in [-0.1, -0.05) is 13.8 Å². The average Bonchev–Trinajstić information content (AvgIpc) is 2.46. The van der Waals surface area contributed by atoms with Crippen LogP contribution in [0, 0.1) is 5.92 Å². The van der Waals surface area contributed by atoms with E-state index in [1.165, 1.54) is 7.11 Å². The molecular weight excluding hydrogens is 272 g/mol. The van der Waals surface area contributed by atoms with Crippen LogP contribution in [0.3, 0.4) is 0 Å². The molecule has 0 amide bonds. The van der Waals surface area contributed by atoms with Crippen molar-refractivity contribution in [2.75, 3.05) is 32.4 Å². The van der Waals surface area contributed by atoms with Gasteiger partial charge in [0.25, 0.3) is 0 Å². The third kappa shape index (κ3) is 4.44. The fourth-order valence-electron chi connectivity index (χ4n) is 2.04. The molecule has 21 heavy (non-hydrogen) atoms. The quantitative estimate of drug-likeness (QED) is 0.593. The maximum atomic E-state index is 11.9. The van der Waals surface area contributed by atoms with Crippen molar-refractivity contribution in [3.63, 3.8) is 0 Å². The summed E-state index contributed by atoms with van der Waals surface area (Å²) in [6.07, 6.45) is 0.639. The number of carbonyl (C=O) groups excluding carboxylic acids is 1. The SMILES string of the molecule is COC(=O)C(CC(C)C)Nc1cc(OC)c(OC)cc1N. The second-order valence-electron chi connectivity index (χ2n) is 5.14.